The molecule has 1 heterocycles. The molecule has 4 nitrogen and oxygen atoms in total. The van der Waals surface area contributed by atoms with Crippen LogP contribution in [0.3, 0.4) is 0 Å². The average Bonchev–Trinajstić information content (AvgIpc) is 2.98. The number of carbonyl (C=O) groups excluding carboxylic acids is 1. The van der Waals surface area contributed by atoms with Gasteiger partial charge in [0.2, 0.25) is 5.91 Å². The molecule has 18 heavy (non-hydrogen) atoms. The molecule has 1 aromatic rings. The molecular weight excluding hydrogens is 270 g/mol. The van der Waals surface area contributed by atoms with Crippen LogP contribution in [0.4, 0.5) is 0 Å². The number of rotatable bonds is 7. The Morgan fingerprint density at radius 2 is 2.28 bits per heavy atom. The Morgan fingerprint density at radius 3 is 2.83 bits per heavy atom. The second kappa shape index (κ2) is 6.24. The monoisotopic (exact) mass is 285 g/mol. The predicted molar refractivity (Wildman–Crippen MR) is 72.0 cm³/mol. The number of aliphatic carboxylic acids is 1. The van der Waals surface area contributed by atoms with Crippen LogP contribution in [0.2, 0.25) is 0 Å². The molecule has 1 fully saturated rings. The lowest BCUT2D eigenvalue weighted by Gasteiger charge is -2.20. The van der Waals surface area contributed by atoms with Crippen molar-refractivity contribution in [3.8, 4) is 0 Å². The minimum atomic E-state index is -0.940. The molecule has 1 aliphatic carbocycles. The van der Waals surface area contributed by atoms with E-state index in [-0.39, 0.29) is 12.5 Å². The van der Waals surface area contributed by atoms with Crippen molar-refractivity contribution in [3.63, 3.8) is 0 Å². The molecule has 0 unspecified atom stereocenters. The number of carbonyl (C=O) groups is 2. The summed E-state index contributed by atoms with van der Waals surface area (Å²) in [6, 6.07) is 3.90. The summed E-state index contributed by atoms with van der Waals surface area (Å²) in [5, 5.41) is 10.8. The van der Waals surface area contributed by atoms with Crippen LogP contribution in [0.25, 0.3) is 0 Å². The van der Waals surface area contributed by atoms with Gasteiger partial charge in [-0.05, 0) is 30.2 Å². The summed E-state index contributed by atoms with van der Waals surface area (Å²) in [5.41, 5.74) is 0. The van der Waals surface area contributed by atoms with Crippen LogP contribution in [0.15, 0.2) is 21.7 Å². The highest BCUT2D eigenvalue weighted by Gasteiger charge is 2.27. The summed E-state index contributed by atoms with van der Waals surface area (Å²) < 4.78 is 1.09. The molecule has 0 radical (unpaired) electrons. The van der Waals surface area contributed by atoms with Crippen molar-refractivity contribution in [1.29, 1.82) is 0 Å². The molecule has 0 aromatic carbocycles. The quantitative estimate of drug-likeness (QED) is 0.780. The molecular formula is C12H15NO3S2. The van der Waals surface area contributed by atoms with E-state index in [1.54, 1.807) is 11.3 Å². The fourth-order valence-corrected chi connectivity index (χ4v) is 3.29. The van der Waals surface area contributed by atoms with Crippen molar-refractivity contribution in [2.24, 2.45) is 5.92 Å². The van der Waals surface area contributed by atoms with Gasteiger partial charge in [-0.1, -0.05) is 6.07 Å². The topological polar surface area (TPSA) is 57.6 Å². The number of amides is 1. The maximum absolute atomic E-state index is 12.0. The van der Waals surface area contributed by atoms with Gasteiger partial charge in [-0.15, -0.1) is 23.1 Å². The van der Waals surface area contributed by atoms with Gasteiger partial charge in [0.05, 0.1) is 9.96 Å². The predicted octanol–water partition coefficient (Wildman–Crippen LogP) is 2.16. The van der Waals surface area contributed by atoms with Crippen molar-refractivity contribution >= 4 is 35.0 Å². The highest BCUT2D eigenvalue weighted by molar-refractivity contribution is 8.01. The number of hydrogen-bond acceptors (Lipinski definition) is 4. The third kappa shape index (κ3) is 4.34. The first-order valence-electron chi connectivity index (χ1n) is 5.81. The Hall–Kier alpha value is -1.01. The molecule has 1 N–H and O–H groups in total. The molecule has 0 atom stereocenters. The summed E-state index contributed by atoms with van der Waals surface area (Å²) >= 11 is 3.07. The van der Waals surface area contributed by atoms with E-state index in [2.05, 4.69) is 0 Å². The third-order valence-electron chi connectivity index (χ3n) is 2.69. The minimum absolute atomic E-state index is 0.0808. The average molecular weight is 285 g/mol. The van der Waals surface area contributed by atoms with Crippen molar-refractivity contribution in [2.45, 2.75) is 17.1 Å². The molecule has 2 rings (SSSR count). The van der Waals surface area contributed by atoms with Gasteiger partial charge in [0.1, 0.15) is 6.54 Å². The number of nitrogens with zero attached hydrogens (tertiary/aromatic N) is 1. The van der Waals surface area contributed by atoms with Gasteiger partial charge in [-0.3, -0.25) is 9.59 Å². The molecule has 0 saturated heterocycles. The minimum Gasteiger partial charge on any atom is -0.480 e. The smallest absolute Gasteiger partial charge is 0.323 e. The summed E-state index contributed by atoms with van der Waals surface area (Å²) in [4.78, 5) is 24.2. The van der Waals surface area contributed by atoms with Gasteiger partial charge < -0.3 is 10.0 Å². The molecule has 1 aliphatic rings. The van der Waals surface area contributed by atoms with Gasteiger partial charge in [0, 0.05) is 6.54 Å². The molecule has 98 valence electrons. The summed E-state index contributed by atoms with van der Waals surface area (Å²) in [6.07, 6.45) is 2.23. The normalized spacial score (nSPS) is 14.4. The van der Waals surface area contributed by atoms with E-state index in [9.17, 15) is 9.59 Å². The highest BCUT2D eigenvalue weighted by Crippen LogP contribution is 2.30. The van der Waals surface area contributed by atoms with E-state index in [4.69, 9.17) is 5.11 Å². The number of carboxylic acids is 1. The van der Waals surface area contributed by atoms with Crippen LogP contribution >= 0.6 is 23.1 Å². The molecule has 0 aliphatic heterocycles. The summed E-state index contributed by atoms with van der Waals surface area (Å²) in [6.45, 7) is 0.413. The van der Waals surface area contributed by atoms with Crippen molar-refractivity contribution in [1.82, 2.24) is 4.90 Å². The molecule has 6 heteroatoms. The van der Waals surface area contributed by atoms with E-state index < -0.39 is 5.97 Å². The zero-order chi connectivity index (χ0) is 13.0. The number of hydrogen-bond donors (Lipinski definition) is 1. The van der Waals surface area contributed by atoms with Gasteiger partial charge in [0.25, 0.3) is 0 Å². The van der Waals surface area contributed by atoms with E-state index in [1.807, 2.05) is 17.5 Å². The lowest BCUT2D eigenvalue weighted by molar-refractivity contribution is -0.143. The Labute approximate surface area is 114 Å². The van der Waals surface area contributed by atoms with Gasteiger partial charge in [-0.25, -0.2) is 0 Å². The molecule has 0 spiro atoms. The third-order valence-corrected chi connectivity index (χ3v) is 4.80. The van der Waals surface area contributed by atoms with Crippen molar-refractivity contribution in [3.05, 3.63) is 17.5 Å². The Balaban J connectivity index is 1.83. The first kappa shape index (κ1) is 13.4. The van der Waals surface area contributed by atoms with E-state index in [0.717, 1.165) is 17.1 Å². The van der Waals surface area contributed by atoms with Crippen LogP contribution < -0.4 is 0 Å². The van der Waals surface area contributed by atoms with Crippen LogP contribution in [0.5, 0.6) is 0 Å². The van der Waals surface area contributed by atoms with E-state index in [1.165, 1.54) is 16.7 Å². The number of thiophene rings is 1. The van der Waals surface area contributed by atoms with Crippen LogP contribution in [0, 0.1) is 5.92 Å². The van der Waals surface area contributed by atoms with Crippen LogP contribution in [-0.2, 0) is 9.59 Å². The van der Waals surface area contributed by atoms with E-state index in [0.29, 0.717) is 18.2 Å². The SMILES string of the molecule is O=C(O)CN(CC1CC1)C(=O)CSc1cccs1. The molecule has 0 bridgehead atoms. The second-order valence-electron chi connectivity index (χ2n) is 4.33. The van der Waals surface area contributed by atoms with Crippen molar-refractivity contribution < 1.29 is 14.7 Å². The fourth-order valence-electron chi connectivity index (χ4n) is 1.60. The molecule has 1 amide bonds. The van der Waals surface area contributed by atoms with Gasteiger partial charge in [-0.2, -0.15) is 0 Å². The number of thioether (sulfide) groups is 1. The molecule has 1 aromatic heterocycles. The first-order chi connectivity index (χ1) is 8.65. The lowest BCUT2D eigenvalue weighted by Crippen LogP contribution is -2.38. The van der Waals surface area contributed by atoms with Gasteiger partial charge >= 0.3 is 5.97 Å². The highest BCUT2D eigenvalue weighted by atomic mass is 32.2. The van der Waals surface area contributed by atoms with Crippen LogP contribution in [-0.4, -0.2) is 40.7 Å². The number of carboxylic acid groups (broad SMARTS) is 1. The Kier molecular flexibility index (Phi) is 4.66. The lowest BCUT2D eigenvalue weighted by atomic mass is 10.3. The van der Waals surface area contributed by atoms with E-state index >= 15 is 0 Å². The maximum Gasteiger partial charge on any atom is 0.323 e. The Bertz CT molecular complexity index is 415. The zero-order valence-electron chi connectivity index (χ0n) is 9.87. The van der Waals surface area contributed by atoms with Crippen molar-refractivity contribution in [2.75, 3.05) is 18.8 Å². The Morgan fingerprint density at radius 1 is 1.50 bits per heavy atom. The van der Waals surface area contributed by atoms with Gasteiger partial charge in [0.15, 0.2) is 0 Å². The second-order valence-corrected chi connectivity index (χ2v) is 6.56. The summed E-state index contributed by atoms with van der Waals surface area (Å²) in [5.74, 6) is -0.187. The zero-order valence-corrected chi connectivity index (χ0v) is 11.5. The standard InChI is InChI=1S/C12H15NO3S2/c14-10(8-18-12-2-1-5-17-12)13(7-11(15)16)6-9-3-4-9/h1-2,5,9H,3-4,6-8H2,(H,15,16). The largest absolute Gasteiger partial charge is 0.480 e. The maximum atomic E-state index is 12.0. The fraction of sp³-hybridized carbons (Fsp3) is 0.500. The summed E-state index contributed by atoms with van der Waals surface area (Å²) in [7, 11) is 0. The first-order valence-corrected chi connectivity index (χ1v) is 7.67. The molecule has 1 saturated carbocycles. The van der Waals surface area contributed by atoms with Crippen LogP contribution in [0.1, 0.15) is 12.8 Å².